The van der Waals surface area contributed by atoms with Crippen LogP contribution < -0.4 is 10.6 Å². The Balaban J connectivity index is 1.52. The minimum Gasteiger partial charge on any atom is -0.360 e. The van der Waals surface area contributed by atoms with E-state index in [1.54, 1.807) is 0 Å². The van der Waals surface area contributed by atoms with Crippen molar-refractivity contribution in [1.29, 1.82) is 0 Å². The maximum absolute atomic E-state index is 5.41. The second-order valence-corrected chi connectivity index (χ2v) is 6.50. The Labute approximate surface area is 121 Å². The highest BCUT2D eigenvalue weighted by Gasteiger charge is 2.41. The van der Waals surface area contributed by atoms with Crippen LogP contribution in [0.25, 0.3) is 0 Å². The van der Waals surface area contributed by atoms with E-state index in [1.165, 1.54) is 25.7 Å². The van der Waals surface area contributed by atoms with Crippen LogP contribution in [-0.4, -0.2) is 11.2 Å². The molecule has 0 spiro atoms. The lowest BCUT2D eigenvalue weighted by Crippen LogP contribution is -2.42. The summed E-state index contributed by atoms with van der Waals surface area (Å²) in [6, 6.07) is 10.6. The predicted molar refractivity (Wildman–Crippen MR) is 84.2 cm³/mol. The number of hydrogen-bond acceptors (Lipinski definition) is 1. The minimum absolute atomic E-state index is 0.485. The standard InChI is InChI=1S/C16H22N2S/c1-11(15-10-12-7-8-13(15)9-12)17-16(19)18-14-5-3-2-4-6-14/h2-6,11-13,15H,7-10H2,1H3,(H2,17,18,19). The summed E-state index contributed by atoms with van der Waals surface area (Å²) in [5, 5.41) is 7.49. The van der Waals surface area contributed by atoms with Crippen molar-refractivity contribution in [3.63, 3.8) is 0 Å². The molecule has 0 aliphatic heterocycles. The highest BCUT2D eigenvalue weighted by atomic mass is 32.1. The smallest absolute Gasteiger partial charge is 0.170 e. The zero-order chi connectivity index (χ0) is 13.2. The Kier molecular flexibility index (Phi) is 3.74. The molecule has 3 rings (SSSR count). The van der Waals surface area contributed by atoms with E-state index < -0.39 is 0 Å². The Morgan fingerprint density at radius 1 is 1.21 bits per heavy atom. The molecule has 102 valence electrons. The lowest BCUT2D eigenvalue weighted by Gasteiger charge is -2.29. The van der Waals surface area contributed by atoms with E-state index in [9.17, 15) is 0 Å². The lowest BCUT2D eigenvalue weighted by molar-refractivity contribution is 0.279. The normalized spacial score (nSPS) is 30.1. The van der Waals surface area contributed by atoms with Gasteiger partial charge in [-0.3, -0.25) is 0 Å². The predicted octanol–water partition coefficient (Wildman–Crippen LogP) is 3.80. The Morgan fingerprint density at radius 2 is 2.00 bits per heavy atom. The molecular formula is C16H22N2S. The summed E-state index contributed by atoms with van der Waals surface area (Å²) in [6.45, 7) is 2.28. The highest BCUT2D eigenvalue weighted by molar-refractivity contribution is 7.80. The van der Waals surface area contributed by atoms with Gasteiger partial charge in [0.25, 0.3) is 0 Å². The minimum atomic E-state index is 0.485. The summed E-state index contributed by atoms with van der Waals surface area (Å²) in [5.74, 6) is 2.75. The van der Waals surface area contributed by atoms with E-state index in [2.05, 4.69) is 17.6 Å². The van der Waals surface area contributed by atoms with Crippen LogP contribution in [0.15, 0.2) is 30.3 Å². The molecular weight excluding hydrogens is 252 g/mol. The fourth-order valence-electron chi connectivity index (χ4n) is 3.91. The topological polar surface area (TPSA) is 24.1 Å². The Morgan fingerprint density at radius 3 is 2.63 bits per heavy atom. The molecule has 0 heterocycles. The monoisotopic (exact) mass is 274 g/mol. The number of anilines is 1. The summed E-state index contributed by atoms with van der Waals surface area (Å²) >= 11 is 5.41. The molecule has 4 atom stereocenters. The van der Waals surface area contributed by atoms with Gasteiger partial charge in [-0.15, -0.1) is 0 Å². The molecule has 2 saturated carbocycles. The van der Waals surface area contributed by atoms with Crippen LogP contribution in [0, 0.1) is 17.8 Å². The molecule has 0 aromatic heterocycles. The van der Waals surface area contributed by atoms with Gasteiger partial charge in [-0.25, -0.2) is 0 Å². The third-order valence-corrected chi connectivity index (χ3v) is 5.05. The van der Waals surface area contributed by atoms with Crippen molar-refractivity contribution in [1.82, 2.24) is 5.32 Å². The molecule has 0 saturated heterocycles. The van der Waals surface area contributed by atoms with Crippen molar-refractivity contribution in [3.8, 4) is 0 Å². The summed E-state index contributed by atoms with van der Waals surface area (Å²) in [5.41, 5.74) is 1.06. The van der Waals surface area contributed by atoms with Gasteiger partial charge in [0.1, 0.15) is 0 Å². The molecule has 2 nitrogen and oxygen atoms in total. The summed E-state index contributed by atoms with van der Waals surface area (Å²) < 4.78 is 0. The van der Waals surface area contributed by atoms with E-state index in [0.717, 1.165) is 28.6 Å². The van der Waals surface area contributed by atoms with Gasteiger partial charge in [0.15, 0.2) is 5.11 Å². The molecule has 2 bridgehead atoms. The number of nitrogens with one attached hydrogen (secondary N) is 2. The molecule has 2 fully saturated rings. The number of benzene rings is 1. The van der Waals surface area contributed by atoms with E-state index in [0.29, 0.717) is 6.04 Å². The number of rotatable bonds is 3. The van der Waals surface area contributed by atoms with Gasteiger partial charge in [-0.1, -0.05) is 24.6 Å². The lowest BCUT2D eigenvalue weighted by atomic mass is 9.84. The van der Waals surface area contributed by atoms with Crippen LogP contribution in [-0.2, 0) is 0 Å². The molecule has 1 aromatic rings. The van der Waals surface area contributed by atoms with Gasteiger partial charge in [-0.05, 0) is 68.3 Å². The first-order valence-electron chi connectivity index (χ1n) is 7.35. The SMILES string of the molecule is CC(NC(=S)Nc1ccccc1)C1CC2CCC1C2. The molecule has 0 amide bonds. The third kappa shape index (κ3) is 2.92. The Hall–Kier alpha value is -1.09. The van der Waals surface area contributed by atoms with E-state index >= 15 is 0 Å². The van der Waals surface area contributed by atoms with E-state index in [4.69, 9.17) is 12.2 Å². The van der Waals surface area contributed by atoms with Crippen LogP contribution >= 0.6 is 12.2 Å². The number of hydrogen-bond donors (Lipinski definition) is 2. The summed E-state index contributed by atoms with van der Waals surface area (Å²) in [7, 11) is 0. The first kappa shape index (κ1) is 12.9. The fourth-order valence-corrected chi connectivity index (χ4v) is 4.21. The van der Waals surface area contributed by atoms with Crippen molar-refractivity contribution in [2.24, 2.45) is 17.8 Å². The van der Waals surface area contributed by atoms with Gasteiger partial charge >= 0.3 is 0 Å². The van der Waals surface area contributed by atoms with Gasteiger partial charge in [0, 0.05) is 11.7 Å². The molecule has 4 unspecified atom stereocenters. The molecule has 3 heteroatoms. The van der Waals surface area contributed by atoms with Crippen LogP contribution in [0.2, 0.25) is 0 Å². The van der Waals surface area contributed by atoms with Crippen molar-refractivity contribution < 1.29 is 0 Å². The maximum Gasteiger partial charge on any atom is 0.170 e. The van der Waals surface area contributed by atoms with E-state index in [-0.39, 0.29) is 0 Å². The van der Waals surface area contributed by atoms with Crippen molar-refractivity contribution in [3.05, 3.63) is 30.3 Å². The van der Waals surface area contributed by atoms with Crippen LogP contribution in [0.1, 0.15) is 32.6 Å². The second kappa shape index (κ2) is 5.49. The first-order valence-corrected chi connectivity index (χ1v) is 7.76. The summed E-state index contributed by atoms with van der Waals surface area (Å²) in [4.78, 5) is 0. The summed E-state index contributed by atoms with van der Waals surface area (Å²) in [6.07, 6.45) is 5.74. The highest BCUT2D eigenvalue weighted by Crippen LogP contribution is 2.49. The molecule has 1 aromatic carbocycles. The van der Waals surface area contributed by atoms with Gasteiger partial charge in [0.05, 0.1) is 0 Å². The van der Waals surface area contributed by atoms with Crippen molar-refractivity contribution >= 4 is 23.0 Å². The molecule has 2 N–H and O–H groups in total. The van der Waals surface area contributed by atoms with Crippen LogP contribution in [0.3, 0.4) is 0 Å². The van der Waals surface area contributed by atoms with Gasteiger partial charge < -0.3 is 10.6 Å². The first-order chi connectivity index (χ1) is 9.22. The Bertz CT molecular complexity index is 445. The average molecular weight is 274 g/mol. The van der Waals surface area contributed by atoms with Gasteiger partial charge in [0.2, 0.25) is 0 Å². The maximum atomic E-state index is 5.41. The zero-order valence-electron chi connectivity index (χ0n) is 11.4. The number of fused-ring (bicyclic) bond motifs is 2. The van der Waals surface area contributed by atoms with Crippen molar-refractivity contribution in [2.75, 3.05) is 5.32 Å². The zero-order valence-corrected chi connectivity index (χ0v) is 12.2. The largest absolute Gasteiger partial charge is 0.360 e. The van der Waals surface area contributed by atoms with Crippen LogP contribution in [0.5, 0.6) is 0 Å². The quantitative estimate of drug-likeness (QED) is 0.820. The molecule has 2 aliphatic rings. The molecule has 0 radical (unpaired) electrons. The number of thiocarbonyl (C=S) groups is 1. The molecule has 2 aliphatic carbocycles. The van der Waals surface area contributed by atoms with Gasteiger partial charge in [-0.2, -0.15) is 0 Å². The fraction of sp³-hybridized carbons (Fsp3) is 0.562. The number of para-hydroxylation sites is 1. The third-order valence-electron chi connectivity index (χ3n) is 4.83. The second-order valence-electron chi connectivity index (χ2n) is 6.09. The van der Waals surface area contributed by atoms with Crippen LogP contribution in [0.4, 0.5) is 5.69 Å². The van der Waals surface area contributed by atoms with E-state index in [1.807, 2.05) is 30.3 Å². The average Bonchev–Trinajstić information content (AvgIpc) is 3.02. The molecule has 19 heavy (non-hydrogen) atoms. The van der Waals surface area contributed by atoms with Crippen molar-refractivity contribution in [2.45, 2.75) is 38.6 Å².